The monoisotopic (exact) mass is 359 g/mol. The van der Waals surface area contributed by atoms with E-state index in [0.29, 0.717) is 0 Å². The first-order valence-electron chi connectivity index (χ1n) is 9.64. The lowest BCUT2D eigenvalue weighted by Crippen LogP contribution is -2.43. The minimum absolute atomic E-state index is 0.0319. The number of carbonyl (C=O) groups excluding carboxylic acids is 1. The first-order valence-corrected chi connectivity index (χ1v) is 9.64. The lowest BCUT2D eigenvalue weighted by Gasteiger charge is -2.30. The van der Waals surface area contributed by atoms with Crippen LogP contribution in [0.15, 0.2) is 73.3 Å². The van der Waals surface area contributed by atoms with E-state index in [-0.39, 0.29) is 17.4 Å². The topological polar surface area (TPSA) is 46.9 Å². The van der Waals surface area contributed by atoms with E-state index >= 15 is 0 Å². The van der Waals surface area contributed by atoms with Crippen molar-refractivity contribution in [3.05, 3.63) is 84.4 Å². The van der Waals surface area contributed by atoms with Crippen LogP contribution in [0.4, 0.5) is 0 Å². The number of carbonyl (C=O) groups is 1. The van der Waals surface area contributed by atoms with Crippen molar-refractivity contribution in [1.29, 1.82) is 0 Å². The third-order valence-electron chi connectivity index (χ3n) is 5.76. The Kier molecular flexibility index (Phi) is 4.80. The minimum Gasteiger partial charge on any atom is -0.349 e. The second-order valence-corrected chi connectivity index (χ2v) is 7.41. The number of benzene rings is 2. The van der Waals surface area contributed by atoms with Crippen molar-refractivity contribution in [2.24, 2.45) is 0 Å². The molecule has 27 heavy (non-hydrogen) atoms. The van der Waals surface area contributed by atoms with Gasteiger partial charge in [0.2, 0.25) is 5.91 Å². The number of nitrogens with one attached hydrogen (secondary N) is 1. The zero-order chi connectivity index (χ0) is 18.7. The van der Waals surface area contributed by atoms with E-state index < -0.39 is 0 Å². The van der Waals surface area contributed by atoms with Crippen molar-refractivity contribution >= 4 is 5.91 Å². The van der Waals surface area contributed by atoms with Crippen LogP contribution in [-0.4, -0.2) is 15.5 Å². The Morgan fingerprint density at radius 2 is 1.78 bits per heavy atom. The number of hydrogen-bond acceptors (Lipinski definition) is 2. The molecule has 138 valence electrons. The Morgan fingerprint density at radius 3 is 2.41 bits per heavy atom. The summed E-state index contributed by atoms with van der Waals surface area (Å²) in [6.07, 6.45) is 9.53. The first kappa shape index (κ1) is 17.5. The van der Waals surface area contributed by atoms with Crippen molar-refractivity contribution in [1.82, 2.24) is 14.9 Å². The lowest BCUT2D eigenvalue weighted by atomic mass is 9.77. The van der Waals surface area contributed by atoms with E-state index in [0.717, 1.165) is 42.5 Å². The predicted molar refractivity (Wildman–Crippen MR) is 107 cm³/mol. The van der Waals surface area contributed by atoms with Crippen LogP contribution in [0.25, 0.3) is 5.69 Å². The maximum atomic E-state index is 13.3. The number of rotatable bonds is 5. The zero-order valence-corrected chi connectivity index (χ0v) is 15.6. The Bertz CT molecular complexity index is 879. The first-order chi connectivity index (χ1) is 13.2. The van der Waals surface area contributed by atoms with Gasteiger partial charge in [-0.1, -0.05) is 55.3 Å². The Balaban J connectivity index is 1.51. The molecule has 2 aromatic carbocycles. The van der Waals surface area contributed by atoms with Crippen LogP contribution in [0.3, 0.4) is 0 Å². The fourth-order valence-corrected chi connectivity index (χ4v) is 4.15. The van der Waals surface area contributed by atoms with Crippen LogP contribution in [-0.2, 0) is 10.2 Å². The van der Waals surface area contributed by atoms with Gasteiger partial charge in [-0.2, -0.15) is 0 Å². The smallest absolute Gasteiger partial charge is 0.231 e. The molecule has 4 rings (SSSR count). The average Bonchev–Trinajstić information content (AvgIpc) is 3.41. The van der Waals surface area contributed by atoms with Crippen LogP contribution < -0.4 is 5.32 Å². The van der Waals surface area contributed by atoms with E-state index in [1.807, 2.05) is 29.0 Å². The quantitative estimate of drug-likeness (QED) is 0.726. The lowest BCUT2D eigenvalue weighted by molar-refractivity contribution is -0.127. The number of nitrogens with zero attached hydrogens (tertiary/aromatic N) is 2. The summed E-state index contributed by atoms with van der Waals surface area (Å²) in [7, 11) is 0. The molecule has 1 aliphatic rings. The van der Waals surface area contributed by atoms with Gasteiger partial charge in [0.05, 0.1) is 17.8 Å². The molecule has 1 atom stereocenters. The maximum Gasteiger partial charge on any atom is 0.231 e. The van der Waals surface area contributed by atoms with Gasteiger partial charge in [-0.25, -0.2) is 4.98 Å². The molecule has 1 unspecified atom stereocenters. The highest BCUT2D eigenvalue weighted by molar-refractivity contribution is 5.89. The van der Waals surface area contributed by atoms with Gasteiger partial charge in [-0.3, -0.25) is 4.79 Å². The summed E-state index contributed by atoms with van der Waals surface area (Å²) in [6.45, 7) is 2.05. The predicted octanol–water partition coefficient (Wildman–Crippen LogP) is 4.56. The molecule has 4 heteroatoms. The van der Waals surface area contributed by atoms with Gasteiger partial charge in [-0.15, -0.1) is 0 Å². The van der Waals surface area contributed by atoms with E-state index in [4.69, 9.17) is 0 Å². The average molecular weight is 359 g/mol. The number of amides is 1. The van der Waals surface area contributed by atoms with Gasteiger partial charge < -0.3 is 9.88 Å². The van der Waals surface area contributed by atoms with Crippen molar-refractivity contribution in [3.8, 4) is 5.69 Å². The summed E-state index contributed by atoms with van der Waals surface area (Å²) in [4.78, 5) is 17.4. The van der Waals surface area contributed by atoms with Gasteiger partial charge >= 0.3 is 0 Å². The highest BCUT2D eigenvalue weighted by Gasteiger charge is 2.42. The minimum atomic E-state index is -0.383. The number of hydrogen-bond donors (Lipinski definition) is 1. The Labute approximate surface area is 160 Å². The van der Waals surface area contributed by atoms with E-state index in [9.17, 15) is 4.79 Å². The van der Waals surface area contributed by atoms with Crippen molar-refractivity contribution in [2.45, 2.75) is 44.1 Å². The highest BCUT2D eigenvalue weighted by atomic mass is 16.2. The third kappa shape index (κ3) is 3.39. The van der Waals surface area contributed by atoms with Crippen LogP contribution in [0.2, 0.25) is 0 Å². The summed E-state index contributed by atoms with van der Waals surface area (Å²) >= 11 is 0. The molecule has 0 spiro atoms. The molecule has 1 N–H and O–H groups in total. The zero-order valence-electron chi connectivity index (χ0n) is 15.6. The van der Waals surface area contributed by atoms with Crippen LogP contribution in [0, 0.1) is 0 Å². The van der Waals surface area contributed by atoms with Crippen LogP contribution in [0.5, 0.6) is 0 Å². The molecule has 3 aromatic rings. The molecule has 0 radical (unpaired) electrons. The Morgan fingerprint density at radius 1 is 1.07 bits per heavy atom. The van der Waals surface area contributed by atoms with Crippen molar-refractivity contribution < 1.29 is 4.79 Å². The van der Waals surface area contributed by atoms with E-state index in [1.54, 1.807) is 12.5 Å². The second kappa shape index (κ2) is 7.39. The van der Waals surface area contributed by atoms with Gasteiger partial charge in [0.25, 0.3) is 0 Å². The van der Waals surface area contributed by atoms with Crippen molar-refractivity contribution in [3.63, 3.8) is 0 Å². The normalized spacial score (nSPS) is 16.8. The van der Waals surface area contributed by atoms with E-state index in [2.05, 4.69) is 53.6 Å². The number of imidazole rings is 1. The standard InChI is InChI=1S/C23H25N3O/c1-18(19-9-11-21(12-10-19)26-16-15-24-17-26)25-22(27)23(13-5-6-14-23)20-7-3-2-4-8-20/h2-4,7-12,15-18H,5-6,13-14H2,1H3,(H,25,27). The summed E-state index contributed by atoms with van der Waals surface area (Å²) in [5.41, 5.74) is 2.93. The summed E-state index contributed by atoms with van der Waals surface area (Å²) < 4.78 is 1.97. The largest absolute Gasteiger partial charge is 0.349 e. The molecule has 4 nitrogen and oxygen atoms in total. The van der Waals surface area contributed by atoms with E-state index in [1.165, 1.54) is 0 Å². The number of aromatic nitrogens is 2. The van der Waals surface area contributed by atoms with Gasteiger partial charge in [0.15, 0.2) is 0 Å². The fraction of sp³-hybridized carbons (Fsp3) is 0.304. The molecule has 0 bridgehead atoms. The second-order valence-electron chi connectivity index (χ2n) is 7.41. The molecule has 1 saturated carbocycles. The van der Waals surface area contributed by atoms with Crippen LogP contribution >= 0.6 is 0 Å². The molecule has 1 amide bonds. The highest BCUT2D eigenvalue weighted by Crippen LogP contribution is 2.41. The summed E-state index contributed by atoms with van der Waals surface area (Å²) in [6, 6.07) is 18.5. The molecule has 1 fully saturated rings. The van der Waals surface area contributed by atoms with Gasteiger partial charge in [-0.05, 0) is 43.0 Å². The molecule has 1 heterocycles. The molecule has 1 aliphatic carbocycles. The fourth-order valence-electron chi connectivity index (χ4n) is 4.15. The molecular formula is C23H25N3O. The van der Waals surface area contributed by atoms with Gasteiger partial charge in [0.1, 0.15) is 0 Å². The maximum absolute atomic E-state index is 13.3. The molecule has 0 aliphatic heterocycles. The molecule has 1 aromatic heterocycles. The third-order valence-corrected chi connectivity index (χ3v) is 5.76. The molecule has 0 saturated heterocycles. The Hall–Kier alpha value is -2.88. The van der Waals surface area contributed by atoms with Gasteiger partial charge in [0, 0.05) is 18.1 Å². The SMILES string of the molecule is CC(NC(=O)C1(c2ccccc2)CCCC1)c1ccc(-n2ccnc2)cc1. The summed E-state index contributed by atoms with van der Waals surface area (Å²) in [5, 5.41) is 3.27. The molecular weight excluding hydrogens is 334 g/mol. The summed E-state index contributed by atoms with van der Waals surface area (Å²) in [5.74, 6) is 0.150. The van der Waals surface area contributed by atoms with Crippen LogP contribution in [0.1, 0.15) is 49.8 Å². The van der Waals surface area contributed by atoms with Crippen molar-refractivity contribution in [2.75, 3.05) is 0 Å².